The van der Waals surface area contributed by atoms with Crippen LogP contribution in [0.5, 0.6) is 0 Å². The van der Waals surface area contributed by atoms with Gasteiger partial charge in [0.2, 0.25) is 5.91 Å². The van der Waals surface area contributed by atoms with Crippen molar-refractivity contribution in [3.8, 4) is 0 Å². The first-order valence-electron chi connectivity index (χ1n) is 8.92. The third-order valence-corrected chi connectivity index (χ3v) is 5.40. The van der Waals surface area contributed by atoms with Crippen LogP contribution in [0.25, 0.3) is 0 Å². The quantitative estimate of drug-likeness (QED) is 0.885. The zero-order valence-corrected chi connectivity index (χ0v) is 14.4. The van der Waals surface area contributed by atoms with Gasteiger partial charge in [-0.05, 0) is 50.3 Å². The van der Waals surface area contributed by atoms with E-state index in [4.69, 9.17) is 0 Å². The second kappa shape index (κ2) is 7.34. The first-order chi connectivity index (χ1) is 11.6. The molecule has 2 amide bonds. The molecule has 2 saturated heterocycles. The molecule has 0 aliphatic carbocycles. The highest BCUT2D eigenvalue weighted by Crippen LogP contribution is 2.36. The first-order valence-corrected chi connectivity index (χ1v) is 8.92. The summed E-state index contributed by atoms with van der Waals surface area (Å²) < 4.78 is 0. The van der Waals surface area contributed by atoms with Crippen LogP contribution >= 0.6 is 0 Å². The number of amides is 2. The lowest BCUT2D eigenvalue weighted by Crippen LogP contribution is -2.46. The van der Waals surface area contributed by atoms with Crippen molar-refractivity contribution >= 4 is 11.8 Å². The van der Waals surface area contributed by atoms with E-state index in [1.54, 1.807) is 12.1 Å². The SMILES string of the molecule is CC(CC(=O)N1CCC2(CCNC2)CC1)NC(=O)c1ccccc1. The lowest BCUT2D eigenvalue weighted by Gasteiger charge is -2.39. The smallest absolute Gasteiger partial charge is 0.251 e. The number of rotatable bonds is 4. The molecule has 1 unspecified atom stereocenters. The maximum atomic E-state index is 12.5. The van der Waals surface area contributed by atoms with Crippen LogP contribution < -0.4 is 10.6 Å². The van der Waals surface area contributed by atoms with Gasteiger partial charge < -0.3 is 15.5 Å². The molecule has 1 spiro atoms. The Morgan fingerprint density at radius 3 is 2.54 bits per heavy atom. The Bertz CT molecular complexity index is 572. The lowest BCUT2D eigenvalue weighted by atomic mass is 9.78. The lowest BCUT2D eigenvalue weighted by molar-refractivity contribution is -0.133. The Hall–Kier alpha value is -1.88. The van der Waals surface area contributed by atoms with Crippen LogP contribution in [0.2, 0.25) is 0 Å². The molecule has 5 nitrogen and oxygen atoms in total. The monoisotopic (exact) mass is 329 g/mol. The highest BCUT2D eigenvalue weighted by molar-refractivity contribution is 5.94. The molecule has 3 rings (SSSR count). The molecule has 2 heterocycles. The summed E-state index contributed by atoms with van der Waals surface area (Å²) in [5, 5.41) is 6.36. The fourth-order valence-corrected chi connectivity index (χ4v) is 3.79. The molecule has 0 bridgehead atoms. The van der Waals surface area contributed by atoms with Crippen molar-refractivity contribution in [2.24, 2.45) is 5.41 Å². The predicted molar refractivity (Wildman–Crippen MR) is 93.7 cm³/mol. The molecule has 2 N–H and O–H groups in total. The van der Waals surface area contributed by atoms with E-state index in [9.17, 15) is 9.59 Å². The third-order valence-electron chi connectivity index (χ3n) is 5.40. The maximum absolute atomic E-state index is 12.5. The molecule has 2 fully saturated rings. The van der Waals surface area contributed by atoms with Crippen molar-refractivity contribution in [3.05, 3.63) is 35.9 Å². The molecular formula is C19H27N3O2. The molecule has 1 aromatic rings. The van der Waals surface area contributed by atoms with Gasteiger partial charge in [0.25, 0.3) is 5.91 Å². The van der Waals surface area contributed by atoms with Crippen molar-refractivity contribution in [2.75, 3.05) is 26.2 Å². The van der Waals surface area contributed by atoms with Gasteiger partial charge in [0, 0.05) is 37.7 Å². The van der Waals surface area contributed by atoms with Gasteiger partial charge in [-0.25, -0.2) is 0 Å². The summed E-state index contributed by atoms with van der Waals surface area (Å²) in [6.07, 6.45) is 3.79. The second-order valence-corrected chi connectivity index (χ2v) is 7.25. The minimum absolute atomic E-state index is 0.120. The predicted octanol–water partition coefficient (Wildman–Crippen LogP) is 1.80. The average Bonchev–Trinajstić information content (AvgIpc) is 3.04. The fourth-order valence-electron chi connectivity index (χ4n) is 3.79. The summed E-state index contributed by atoms with van der Waals surface area (Å²) >= 11 is 0. The molecule has 0 saturated carbocycles. The summed E-state index contributed by atoms with van der Waals surface area (Å²) in [6, 6.07) is 8.97. The van der Waals surface area contributed by atoms with Crippen LogP contribution in [0.3, 0.4) is 0 Å². The molecular weight excluding hydrogens is 302 g/mol. The van der Waals surface area contributed by atoms with Crippen molar-refractivity contribution in [3.63, 3.8) is 0 Å². The highest BCUT2D eigenvalue weighted by atomic mass is 16.2. The molecule has 2 aliphatic heterocycles. The van der Waals surface area contributed by atoms with Crippen LogP contribution in [0.15, 0.2) is 30.3 Å². The molecule has 1 atom stereocenters. The van der Waals surface area contributed by atoms with Crippen molar-refractivity contribution in [1.82, 2.24) is 15.5 Å². The van der Waals surface area contributed by atoms with E-state index in [0.29, 0.717) is 17.4 Å². The number of hydrogen-bond donors (Lipinski definition) is 2. The summed E-state index contributed by atoms with van der Waals surface area (Å²) in [6.45, 7) is 5.79. The molecule has 2 aliphatic rings. The van der Waals surface area contributed by atoms with Gasteiger partial charge in [0.05, 0.1) is 0 Å². The molecule has 0 aromatic heterocycles. The Morgan fingerprint density at radius 2 is 1.92 bits per heavy atom. The number of piperidine rings is 1. The summed E-state index contributed by atoms with van der Waals surface area (Å²) in [5.41, 5.74) is 1.05. The van der Waals surface area contributed by atoms with Crippen molar-refractivity contribution in [2.45, 2.75) is 38.6 Å². The summed E-state index contributed by atoms with van der Waals surface area (Å²) in [4.78, 5) is 26.6. The number of benzene rings is 1. The number of likely N-dealkylation sites (tertiary alicyclic amines) is 1. The minimum Gasteiger partial charge on any atom is -0.349 e. The molecule has 0 radical (unpaired) electrons. The van der Waals surface area contributed by atoms with Crippen LogP contribution in [-0.4, -0.2) is 48.9 Å². The highest BCUT2D eigenvalue weighted by Gasteiger charge is 2.38. The number of nitrogens with zero attached hydrogens (tertiary/aromatic N) is 1. The summed E-state index contributed by atoms with van der Waals surface area (Å²) in [7, 11) is 0. The Labute approximate surface area is 143 Å². The van der Waals surface area contributed by atoms with Gasteiger partial charge in [0.1, 0.15) is 0 Å². The molecule has 130 valence electrons. The van der Waals surface area contributed by atoms with E-state index in [0.717, 1.165) is 39.0 Å². The van der Waals surface area contributed by atoms with Crippen LogP contribution in [-0.2, 0) is 4.79 Å². The number of hydrogen-bond acceptors (Lipinski definition) is 3. The minimum atomic E-state index is -0.158. The number of carbonyl (C=O) groups is 2. The Morgan fingerprint density at radius 1 is 1.21 bits per heavy atom. The van der Waals surface area contributed by atoms with Gasteiger partial charge in [-0.2, -0.15) is 0 Å². The normalized spacial score (nSPS) is 20.8. The fraction of sp³-hybridized carbons (Fsp3) is 0.579. The molecule has 1 aromatic carbocycles. The third kappa shape index (κ3) is 3.96. The average molecular weight is 329 g/mol. The van der Waals surface area contributed by atoms with Gasteiger partial charge in [0.15, 0.2) is 0 Å². The largest absolute Gasteiger partial charge is 0.349 e. The van der Waals surface area contributed by atoms with Crippen molar-refractivity contribution in [1.29, 1.82) is 0 Å². The van der Waals surface area contributed by atoms with Crippen LogP contribution in [0, 0.1) is 5.41 Å². The van der Waals surface area contributed by atoms with Gasteiger partial charge in [-0.1, -0.05) is 18.2 Å². The van der Waals surface area contributed by atoms with Crippen LogP contribution in [0.4, 0.5) is 0 Å². The van der Waals surface area contributed by atoms with Crippen molar-refractivity contribution < 1.29 is 9.59 Å². The summed E-state index contributed by atoms with van der Waals surface area (Å²) in [5.74, 6) is 0.0298. The molecule has 24 heavy (non-hydrogen) atoms. The van der Waals surface area contributed by atoms with E-state index >= 15 is 0 Å². The maximum Gasteiger partial charge on any atom is 0.251 e. The van der Waals surface area contributed by atoms with Gasteiger partial charge >= 0.3 is 0 Å². The zero-order chi connectivity index (χ0) is 17.0. The van der Waals surface area contributed by atoms with E-state index in [1.165, 1.54) is 6.42 Å². The van der Waals surface area contributed by atoms with E-state index in [2.05, 4.69) is 10.6 Å². The second-order valence-electron chi connectivity index (χ2n) is 7.25. The Balaban J connectivity index is 1.45. The Kier molecular flexibility index (Phi) is 5.19. The van der Waals surface area contributed by atoms with E-state index < -0.39 is 0 Å². The van der Waals surface area contributed by atoms with Gasteiger partial charge in [-0.3, -0.25) is 9.59 Å². The standard InChI is InChI=1S/C19H27N3O2/c1-15(21-18(24)16-5-3-2-4-6-16)13-17(23)22-11-8-19(9-12-22)7-10-20-14-19/h2-6,15,20H,7-14H2,1H3,(H,21,24). The van der Waals surface area contributed by atoms with E-state index in [-0.39, 0.29) is 17.9 Å². The van der Waals surface area contributed by atoms with E-state index in [1.807, 2.05) is 30.0 Å². The zero-order valence-electron chi connectivity index (χ0n) is 14.4. The first kappa shape index (κ1) is 17.0. The number of carbonyl (C=O) groups excluding carboxylic acids is 2. The van der Waals surface area contributed by atoms with Crippen LogP contribution in [0.1, 0.15) is 43.0 Å². The topological polar surface area (TPSA) is 61.4 Å². The number of nitrogens with one attached hydrogen (secondary N) is 2. The molecule has 5 heteroatoms. The van der Waals surface area contributed by atoms with Gasteiger partial charge in [-0.15, -0.1) is 0 Å².